The van der Waals surface area contributed by atoms with E-state index in [1.165, 1.54) is 0 Å². The van der Waals surface area contributed by atoms with Crippen molar-refractivity contribution in [3.05, 3.63) is 87.3 Å². The molecule has 2 atom stereocenters. The van der Waals surface area contributed by atoms with E-state index in [1.54, 1.807) is 24.5 Å². The normalized spacial score (nSPS) is 16.9. The fourth-order valence-corrected chi connectivity index (χ4v) is 5.08. The number of hydrogen-bond acceptors (Lipinski definition) is 5. The van der Waals surface area contributed by atoms with E-state index in [9.17, 15) is 4.79 Å². The van der Waals surface area contributed by atoms with Crippen molar-refractivity contribution >= 4 is 52.5 Å². The van der Waals surface area contributed by atoms with Crippen LogP contribution >= 0.6 is 23.2 Å². The maximum absolute atomic E-state index is 11.0. The van der Waals surface area contributed by atoms with Gasteiger partial charge in [-0.1, -0.05) is 53.5 Å². The molecule has 2 unspecified atom stereocenters. The van der Waals surface area contributed by atoms with Crippen LogP contribution in [0.25, 0.3) is 23.1 Å². The van der Waals surface area contributed by atoms with Crippen molar-refractivity contribution in [3.8, 4) is 5.75 Å². The fraction of sp³-hybridized carbons (Fsp3) is 0.250. The van der Waals surface area contributed by atoms with Crippen molar-refractivity contribution < 1.29 is 14.3 Å². The molecule has 0 amide bonds. The molecule has 0 bridgehead atoms. The van der Waals surface area contributed by atoms with Gasteiger partial charge in [-0.15, -0.1) is 0 Å². The summed E-state index contributed by atoms with van der Waals surface area (Å²) in [6, 6.07) is 13.3. The van der Waals surface area contributed by atoms with Gasteiger partial charge in [0, 0.05) is 35.5 Å². The van der Waals surface area contributed by atoms with Crippen LogP contribution in [-0.2, 0) is 4.74 Å². The van der Waals surface area contributed by atoms with Gasteiger partial charge < -0.3 is 9.47 Å². The molecule has 1 fully saturated rings. The van der Waals surface area contributed by atoms with Gasteiger partial charge in [0.2, 0.25) is 0 Å². The number of fused-ring (bicyclic) bond motifs is 1. The summed E-state index contributed by atoms with van der Waals surface area (Å²) in [4.78, 5) is 15.0. The Labute approximate surface area is 219 Å². The average Bonchev–Trinajstić information content (AvgIpc) is 3.26. The summed E-state index contributed by atoms with van der Waals surface area (Å²) in [5.74, 6) is 0.674. The Morgan fingerprint density at radius 1 is 1.06 bits per heavy atom. The van der Waals surface area contributed by atoms with E-state index >= 15 is 0 Å². The van der Waals surface area contributed by atoms with Gasteiger partial charge in [0.25, 0.3) is 0 Å². The summed E-state index contributed by atoms with van der Waals surface area (Å²) in [6.07, 6.45) is 10.5. The minimum absolute atomic E-state index is 0.101. The molecule has 2 aromatic carbocycles. The number of halogens is 2. The minimum Gasteiger partial charge on any atom is -0.486 e. The van der Waals surface area contributed by atoms with Crippen LogP contribution in [0.5, 0.6) is 5.75 Å². The maximum atomic E-state index is 11.0. The number of rotatable bonds is 7. The van der Waals surface area contributed by atoms with Crippen LogP contribution in [0.4, 0.5) is 0 Å². The second kappa shape index (κ2) is 10.8. The van der Waals surface area contributed by atoms with Gasteiger partial charge in [0.15, 0.2) is 6.23 Å². The molecule has 4 aromatic rings. The molecule has 0 spiro atoms. The molecule has 184 valence electrons. The Balaban J connectivity index is 1.51. The number of pyridine rings is 1. The zero-order chi connectivity index (χ0) is 25.1. The third kappa shape index (κ3) is 5.16. The van der Waals surface area contributed by atoms with Crippen molar-refractivity contribution in [3.63, 3.8) is 0 Å². The van der Waals surface area contributed by atoms with Gasteiger partial charge in [-0.25, -0.2) is 4.68 Å². The summed E-state index contributed by atoms with van der Waals surface area (Å²) in [5.41, 5.74) is 4.08. The lowest BCUT2D eigenvalue weighted by Gasteiger charge is -2.23. The molecule has 3 heterocycles. The average molecular weight is 522 g/mol. The zero-order valence-electron chi connectivity index (χ0n) is 19.7. The number of benzene rings is 2. The Morgan fingerprint density at radius 2 is 1.81 bits per heavy atom. The van der Waals surface area contributed by atoms with E-state index in [2.05, 4.69) is 4.98 Å². The summed E-state index contributed by atoms with van der Waals surface area (Å²) in [7, 11) is 0. The summed E-state index contributed by atoms with van der Waals surface area (Å²) in [6.45, 7) is 2.63. The third-order valence-corrected chi connectivity index (χ3v) is 6.85. The molecule has 0 aliphatic carbocycles. The first-order valence-corrected chi connectivity index (χ1v) is 12.6. The number of aromatic nitrogens is 3. The smallest absolute Gasteiger partial charge is 0.150 e. The lowest BCUT2D eigenvalue weighted by atomic mass is 10.1. The zero-order valence-corrected chi connectivity index (χ0v) is 21.2. The van der Waals surface area contributed by atoms with Gasteiger partial charge >= 0.3 is 0 Å². The van der Waals surface area contributed by atoms with Crippen LogP contribution in [0.2, 0.25) is 10.0 Å². The monoisotopic (exact) mass is 521 g/mol. The van der Waals surface area contributed by atoms with Crippen LogP contribution in [0.3, 0.4) is 0 Å². The van der Waals surface area contributed by atoms with Crippen molar-refractivity contribution in [1.82, 2.24) is 14.8 Å². The first kappa shape index (κ1) is 24.5. The number of aldehydes is 1. The van der Waals surface area contributed by atoms with Crippen LogP contribution in [0.15, 0.2) is 54.9 Å². The predicted molar refractivity (Wildman–Crippen MR) is 143 cm³/mol. The van der Waals surface area contributed by atoms with E-state index in [0.29, 0.717) is 26.9 Å². The van der Waals surface area contributed by atoms with Crippen molar-refractivity contribution in [1.29, 1.82) is 0 Å². The summed E-state index contributed by atoms with van der Waals surface area (Å²) < 4.78 is 14.2. The van der Waals surface area contributed by atoms with Crippen LogP contribution in [0.1, 0.15) is 65.7 Å². The lowest BCUT2D eigenvalue weighted by molar-refractivity contribution is -0.0367. The Kier molecular flexibility index (Phi) is 7.37. The van der Waals surface area contributed by atoms with E-state index in [-0.39, 0.29) is 12.3 Å². The Bertz CT molecular complexity index is 1390. The molecule has 5 rings (SSSR count). The predicted octanol–water partition coefficient (Wildman–Crippen LogP) is 7.56. The fourth-order valence-electron chi connectivity index (χ4n) is 4.41. The molecular formula is C28H25Cl2N3O3. The second-order valence-corrected chi connectivity index (χ2v) is 9.54. The minimum atomic E-state index is -0.377. The molecule has 2 aromatic heterocycles. The first-order chi connectivity index (χ1) is 17.5. The van der Waals surface area contributed by atoms with Crippen LogP contribution in [-0.4, -0.2) is 27.7 Å². The highest BCUT2D eigenvalue weighted by Crippen LogP contribution is 2.35. The maximum Gasteiger partial charge on any atom is 0.150 e. The van der Waals surface area contributed by atoms with Gasteiger partial charge in [-0.05, 0) is 56.0 Å². The Hall–Kier alpha value is -3.19. The highest BCUT2D eigenvalue weighted by molar-refractivity contribution is 6.35. The quantitative estimate of drug-likeness (QED) is 0.234. The molecule has 6 nitrogen and oxygen atoms in total. The van der Waals surface area contributed by atoms with E-state index < -0.39 is 0 Å². The first-order valence-electron chi connectivity index (χ1n) is 11.9. The molecule has 1 aliphatic rings. The SMILES string of the molecule is CC(Oc1ccc2c(c1)c(/C=C/c1ccc(C=O)cc1)nn2C1CCCCO1)c1c(Cl)cncc1Cl. The van der Waals surface area contributed by atoms with E-state index in [4.69, 9.17) is 37.8 Å². The molecule has 1 aliphatic heterocycles. The van der Waals surface area contributed by atoms with Gasteiger partial charge in [0.1, 0.15) is 18.1 Å². The molecule has 8 heteroatoms. The highest BCUT2D eigenvalue weighted by Gasteiger charge is 2.22. The number of carbonyl (C=O) groups excluding carboxylic acids is 1. The largest absolute Gasteiger partial charge is 0.486 e. The van der Waals surface area contributed by atoms with E-state index in [0.717, 1.165) is 54.3 Å². The molecular weight excluding hydrogens is 497 g/mol. The summed E-state index contributed by atoms with van der Waals surface area (Å²) >= 11 is 12.7. The van der Waals surface area contributed by atoms with Crippen LogP contribution in [0, 0.1) is 0 Å². The number of hydrogen-bond donors (Lipinski definition) is 0. The molecule has 1 saturated heterocycles. The molecule has 0 radical (unpaired) electrons. The van der Waals surface area contributed by atoms with Crippen molar-refractivity contribution in [2.24, 2.45) is 0 Å². The topological polar surface area (TPSA) is 66.2 Å². The Morgan fingerprint density at radius 3 is 2.50 bits per heavy atom. The van der Waals surface area contributed by atoms with Gasteiger partial charge in [-0.3, -0.25) is 9.78 Å². The molecule has 0 N–H and O–H groups in total. The van der Waals surface area contributed by atoms with Gasteiger partial charge in [-0.2, -0.15) is 5.10 Å². The van der Waals surface area contributed by atoms with Crippen LogP contribution < -0.4 is 4.74 Å². The molecule has 0 saturated carbocycles. The molecule has 36 heavy (non-hydrogen) atoms. The lowest BCUT2D eigenvalue weighted by Crippen LogP contribution is -2.19. The number of ether oxygens (including phenoxy) is 2. The number of nitrogens with zero attached hydrogens (tertiary/aromatic N) is 3. The highest BCUT2D eigenvalue weighted by atomic mass is 35.5. The van der Waals surface area contributed by atoms with Crippen molar-refractivity contribution in [2.75, 3.05) is 6.61 Å². The second-order valence-electron chi connectivity index (χ2n) is 8.72. The van der Waals surface area contributed by atoms with Crippen molar-refractivity contribution in [2.45, 2.75) is 38.5 Å². The van der Waals surface area contributed by atoms with E-state index in [1.807, 2.05) is 54.1 Å². The third-order valence-electron chi connectivity index (χ3n) is 6.25. The summed E-state index contributed by atoms with van der Waals surface area (Å²) in [5, 5.41) is 6.78. The number of carbonyl (C=O) groups is 1. The van der Waals surface area contributed by atoms with Gasteiger partial charge in [0.05, 0.1) is 21.3 Å². The standard InChI is InChI=1S/C28H25Cl2N3O3/c1-18(28-23(29)15-31-16-24(28)30)36-21-10-12-26-22(14-21)25(32-33(26)27-4-2-3-13-35-27)11-9-19-5-7-20(17-34)8-6-19/h5-12,14-18,27H,2-4,13H2,1H3/b11-9+.